The van der Waals surface area contributed by atoms with Crippen molar-refractivity contribution in [2.75, 3.05) is 5.73 Å². The number of nitrogen functional groups attached to an aromatic ring is 1. The molecule has 2 N–H and O–H groups in total. The van der Waals surface area contributed by atoms with Crippen LogP contribution >= 0.6 is 34.4 Å². The van der Waals surface area contributed by atoms with E-state index in [1.54, 1.807) is 11.8 Å². The van der Waals surface area contributed by atoms with Gasteiger partial charge in [-0.05, 0) is 52.9 Å². The minimum Gasteiger partial charge on any atom is -0.398 e. The quantitative estimate of drug-likeness (QED) is 0.666. The lowest BCUT2D eigenvalue weighted by Gasteiger charge is -2.05. The molecule has 76 valence electrons. The smallest absolute Gasteiger partial charge is 0.0466 e. The summed E-state index contributed by atoms with van der Waals surface area (Å²) >= 11 is 3.96. The first kappa shape index (κ1) is 10.8. The Labute approximate surface area is 107 Å². The Balaban J connectivity index is 2.25. The lowest BCUT2D eigenvalue weighted by molar-refractivity contribution is 1.40. The predicted molar refractivity (Wildman–Crippen MR) is 74.1 cm³/mol. The number of nitrogens with two attached hydrogens (primary N) is 1. The first-order chi connectivity index (χ1) is 7.25. The molecule has 2 rings (SSSR count). The molecule has 0 saturated carbocycles. The van der Waals surface area contributed by atoms with Crippen LogP contribution in [-0.4, -0.2) is 0 Å². The second kappa shape index (κ2) is 4.90. The molecule has 0 spiro atoms. The highest BCUT2D eigenvalue weighted by molar-refractivity contribution is 14.1. The zero-order valence-electron chi connectivity index (χ0n) is 7.98. The van der Waals surface area contributed by atoms with E-state index in [4.69, 9.17) is 5.73 Å². The van der Waals surface area contributed by atoms with Crippen LogP contribution in [0.15, 0.2) is 58.3 Å². The third-order valence-corrected chi connectivity index (χ3v) is 3.71. The van der Waals surface area contributed by atoms with E-state index in [-0.39, 0.29) is 0 Å². The molecule has 0 radical (unpaired) electrons. The Morgan fingerprint density at radius 2 is 1.73 bits per heavy atom. The summed E-state index contributed by atoms with van der Waals surface area (Å²) in [7, 11) is 0. The van der Waals surface area contributed by atoms with Gasteiger partial charge in [-0.1, -0.05) is 30.0 Å². The molecule has 0 saturated heterocycles. The average molecular weight is 327 g/mol. The summed E-state index contributed by atoms with van der Waals surface area (Å²) in [5, 5.41) is 0. The minimum absolute atomic E-state index is 0.843. The van der Waals surface area contributed by atoms with Crippen molar-refractivity contribution in [3.8, 4) is 0 Å². The second-order valence-corrected chi connectivity index (χ2v) is 5.46. The van der Waals surface area contributed by atoms with Crippen LogP contribution in [0, 0.1) is 3.57 Å². The molecule has 1 nitrogen and oxygen atoms in total. The molecule has 3 heteroatoms. The van der Waals surface area contributed by atoms with Crippen LogP contribution in [0.1, 0.15) is 0 Å². The van der Waals surface area contributed by atoms with E-state index >= 15 is 0 Å². The third kappa shape index (κ3) is 2.89. The number of hydrogen-bond acceptors (Lipinski definition) is 2. The summed E-state index contributed by atoms with van der Waals surface area (Å²) < 4.78 is 1.17. The van der Waals surface area contributed by atoms with E-state index in [0.29, 0.717) is 0 Å². The Kier molecular flexibility index (Phi) is 3.53. The SMILES string of the molecule is Nc1cc(I)ccc1Sc1ccccc1. The van der Waals surface area contributed by atoms with E-state index in [0.717, 1.165) is 10.6 Å². The van der Waals surface area contributed by atoms with Crippen molar-refractivity contribution in [3.05, 3.63) is 52.1 Å². The largest absolute Gasteiger partial charge is 0.398 e. The summed E-state index contributed by atoms with van der Waals surface area (Å²) in [6.07, 6.45) is 0. The molecular weight excluding hydrogens is 317 g/mol. The molecular formula is C12H10INS. The summed E-state index contributed by atoms with van der Waals surface area (Å²) in [4.78, 5) is 2.33. The van der Waals surface area contributed by atoms with E-state index in [1.165, 1.54) is 8.47 Å². The highest BCUT2D eigenvalue weighted by atomic mass is 127. The van der Waals surface area contributed by atoms with E-state index in [9.17, 15) is 0 Å². The van der Waals surface area contributed by atoms with Gasteiger partial charge >= 0.3 is 0 Å². The number of benzene rings is 2. The van der Waals surface area contributed by atoms with E-state index < -0.39 is 0 Å². The van der Waals surface area contributed by atoms with Crippen molar-refractivity contribution in [1.82, 2.24) is 0 Å². The van der Waals surface area contributed by atoms with Crippen molar-refractivity contribution < 1.29 is 0 Å². The monoisotopic (exact) mass is 327 g/mol. The van der Waals surface area contributed by atoms with Crippen LogP contribution in [-0.2, 0) is 0 Å². The normalized spacial score (nSPS) is 10.2. The minimum atomic E-state index is 0.843. The fourth-order valence-electron chi connectivity index (χ4n) is 1.23. The second-order valence-electron chi connectivity index (χ2n) is 3.10. The van der Waals surface area contributed by atoms with Gasteiger partial charge in [0.1, 0.15) is 0 Å². The standard InChI is InChI=1S/C12H10INS/c13-9-6-7-12(11(14)8-9)15-10-4-2-1-3-5-10/h1-8H,14H2. The van der Waals surface area contributed by atoms with Gasteiger partial charge in [0.15, 0.2) is 0 Å². The number of anilines is 1. The first-order valence-electron chi connectivity index (χ1n) is 4.53. The molecule has 0 atom stereocenters. The maximum atomic E-state index is 5.94. The van der Waals surface area contributed by atoms with E-state index in [2.05, 4.69) is 46.9 Å². The van der Waals surface area contributed by atoms with Gasteiger partial charge in [-0.3, -0.25) is 0 Å². The molecule has 0 amide bonds. The van der Waals surface area contributed by atoms with Crippen LogP contribution in [0.2, 0.25) is 0 Å². The fraction of sp³-hybridized carbons (Fsp3) is 0. The summed E-state index contributed by atoms with van der Waals surface area (Å²) in [6, 6.07) is 16.4. The molecule has 0 aliphatic heterocycles. The lowest BCUT2D eigenvalue weighted by atomic mass is 10.3. The molecule has 0 bridgehead atoms. The Bertz CT molecular complexity index is 456. The number of hydrogen-bond donors (Lipinski definition) is 1. The third-order valence-electron chi connectivity index (χ3n) is 1.94. The maximum absolute atomic E-state index is 5.94. The van der Waals surface area contributed by atoms with Crippen LogP contribution in [0.25, 0.3) is 0 Å². The lowest BCUT2D eigenvalue weighted by Crippen LogP contribution is -1.88. The van der Waals surface area contributed by atoms with Crippen molar-refractivity contribution >= 4 is 40.0 Å². The van der Waals surface area contributed by atoms with Crippen molar-refractivity contribution in [3.63, 3.8) is 0 Å². The average Bonchev–Trinajstić information content (AvgIpc) is 2.24. The van der Waals surface area contributed by atoms with Gasteiger partial charge in [0.05, 0.1) is 0 Å². The van der Waals surface area contributed by atoms with Crippen LogP contribution in [0.3, 0.4) is 0 Å². The molecule has 0 aliphatic rings. The predicted octanol–water partition coefficient (Wildman–Crippen LogP) is 4.02. The molecule has 15 heavy (non-hydrogen) atoms. The van der Waals surface area contributed by atoms with Crippen LogP contribution in [0.5, 0.6) is 0 Å². The van der Waals surface area contributed by atoms with Crippen molar-refractivity contribution in [2.45, 2.75) is 9.79 Å². The highest BCUT2D eigenvalue weighted by Crippen LogP contribution is 2.32. The summed E-state index contributed by atoms with van der Waals surface area (Å²) in [6.45, 7) is 0. The molecule has 2 aromatic rings. The zero-order valence-corrected chi connectivity index (χ0v) is 11.0. The van der Waals surface area contributed by atoms with Gasteiger partial charge in [0.25, 0.3) is 0 Å². The fourth-order valence-corrected chi connectivity index (χ4v) is 2.60. The van der Waals surface area contributed by atoms with Gasteiger partial charge < -0.3 is 5.73 Å². The Morgan fingerprint density at radius 1 is 1.00 bits per heavy atom. The van der Waals surface area contributed by atoms with Crippen molar-refractivity contribution in [1.29, 1.82) is 0 Å². The molecule has 0 aromatic heterocycles. The number of rotatable bonds is 2. The van der Waals surface area contributed by atoms with Crippen LogP contribution < -0.4 is 5.73 Å². The Hall–Kier alpha value is -0.680. The van der Waals surface area contributed by atoms with Gasteiger partial charge in [0.2, 0.25) is 0 Å². The molecule has 0 unspecified atom stereocenters. The molecule has 0 aliphatic carbocycles. The van der Waals surface area contributed by atoms with E-state index in [1.807, 2.05) is 24.3 Å². The van der Waals surface area contributed by atoms with Crippen LogP contribution in [0.4, 0.5) is 5.69 Å². The maximum Gasteiger partial charge on any atom is 0.0466 e. The topological polar surface area (TPSA) is 26.0 Å². The molecule has 2 aromatic carbocycles. The summed E-state index contributed by atoms with van der Waals surface area (Å²) in [5.41, 5.74) is 6.79. The first-order valence-corrected chi connectivity index (χ1v) is 6.43. The Morgan fingerprint density at radius 3 is 2.40 bits per heavy atom. The zero-order chi connectivity index (χ0) is 10.7. The van der Waals surface area contributed by atoms with Gasteiger partial charge in [0, 0.05) is 19.0 Å². The van der Waals surface area contributed by atoms with Gasteiger partial charge in [-0.2, -0.15) is 0 Å². The molecule has 0 heterocycles. The number of halogens is 1. The van der Waals surface area contributed by atoms with Crippen molar-refractivity contribution in [2.24, 2.45) is 0 Å². The highest BCUT2D eigenvalue weighted by Gasteiger charge is 2.01. The van der Waals surface area contributed by atoms with Gasteiger partial charge in [-0.25, -0.2) is 0 Å². The van der Waals surface area contributed by atoms with Gasteiger partial charge in [-0.15, -0.1) is 0 Å². The summed E-state index contributed by atoms with van der Waals surface area (Å²) in [5.74, 6) is 0. The molecule has 0 fully saturated rings.